The third-order valence-electron chi connectivity index (χ3n) is 2.92. The Balaban J connectivity index is 1.73. The Kier molecular flexibility index (Phi) is 2.46. The van der Waals surface area contributed by atoms with Gasteiger partial charge in [0.25, 0.3) is 0 Å². The van der Waals surface area contributed by atoms with Crippen LogP contribution in [0.15, 0.2) is 18.2 Å². The van der Waals surface area contributed by atoms with E-state index in [1.807, 2.05) is 12.1 Å². The maximum atomic E-state index is 6.16. The van der Waals surface area contributed by atoms with Crippen LogP contribution in [0.25, 0.3) is 0 Å². The van der Waals surface area contributed by atoms with Crippen molar-refractivity contribution in [2.75, 3.05) is 13.1 Å². The lowest BCUT2D eigenvalue weighted by molar-refractivity contribution is -0.447. The zero-order chi connectivity index (χ0) is 11.0. The van der Waals surface area contributed by atoms with E-state index in [4.69, 9.17) is 11.6 Å². The van der Waals surface area contributed by atoms with Gasteiger partial charge in [0.2, 0.25) is 0 Å². The molecule has 0 saturated carbocycles. The Morgan fingerprint density at radius 2 is 2.31 bits per heavy atom. The average molecular weight is 238 g/mol. The van der Waals surface area contributed by atoms with Crippen molar-refractivity contribution >= 4 is 17.6 Å². The van der Waals surface area contributed by atoms with E-state index in [-0.39, 0.29) is 0 Å². The summed E-state index contributed by atoms with van der Waals surface area (Å²) >= 11 is 6.16. The molecule has 2 heterocycles. The molecular formula is C11H14ClN4+. The first-order valence-corrected chi connectivity index (χ1v) is 5.83. The van der Waals surface area contributed by atoms with Gasteiger partial charge in [0.15, 0.2) is 0 Å². The maximum Gasteiger partial charge on any atom is 0.361 e. The highest BCUT2D eigenvalue weighted by Crippen LogP contribution is 2.27. The van der Waals surface area contributed by atoms with Crippen LogP contribution in [-0.4, -0.2) is 24.1 Å². The SMILES string of the molecule is Clc1cccc2c1CN(NC1=[NH+]CCN1)C2. The number of benzene rings is 1. The van der Waals surface area contributed by atoms with Gasteiger partial charge < -0.3 is 0 Å². The highest BCUT2D eigenvalue weighted by atomic mass is 35.5. The van der Waals surface area contributed by atoms with Crippen LogP contribution in [0.5, 0.6) is 0 Å². The molecule has 0 spiro atoms. The standard InChI is InChI=1S/C11H13ClN4/c12-10-3-1-2-8-6-16(7-9(8)10)15-11-13-4-5-14-11/h1-3H,4-7H2,(H2,13,14,15)/p+1. The fourth-order valence-electron chi connectivity index (χ4n) is 2.13. The third kappa shape index (κ3) is 1.74. The van der Waals surface area contributed by atoms with Crippen LogP contribution in [0, 0.1) is 0 Å². The molecule has 0 radical (unpaired) electrons. The van der Waals surface area contributed by atoms with Gasteiger partial charge in [0.1, 0.15) is 0 Å². The number of halogens is 1. The Labute approximate surface area is 99.3 Å². The normalized spacial score (nSPS) is 19.2. The topological polar surface area (TPSA) is 41.3 Å². The van der Waals surface area contributed by atoms with Crippen molar-refractivity contribution in [2.45, 2.75) is 13.1 Å². The number of hydrogen-bond acceptors (Lipinski definition) is 3. The molecule has 4 nitrogen and oxygen atoms in total. The van der Waals surface area contributed by atoms with Gasteiger partial charge in [-0.15, -0.1) is 0 Å². The molecule has 2 aliphatic rings. The number of guanidine groups is 1. The van der Waals surface area contributed by atoms with Crippen molar-refractivity contribution in [1.29, 1.82) is 0 Å². The molecule has 0 bridgehead atoms. The summed E-state index contributed by atoms with van der Waals surface area (Å²) in [4.78, 5) is 3.24. The van der Waals surface area contributed by atoms with Gasteiger partial charge in [-0.1, -0.05) is 23.7 Å². The van der Waals surface area contributed by atoms with E-state index in [9.17, 15) is 0 Å². The lowest BCUT2D eigenvalue weighted by atomic mass is 10.1. The van der Waals surface area contributed by atoms with Crippen LogP contribution in [0.1, 0.15) is 11.1 Å². The summed E-state index contributed by atoms with van der Waals surface area (Å²) in [6.07, 6.45) is 0. The number of rotatable bonds is 1. The van der Waals surface area contributed by atoms with Gasteiger partial charge in [-0.2, -0.15) is 5.01 Å². The number of hydrogen-bond donors (Lipinski definition) is 3. The second-order valence-corrected chi connectivity index (χ2v) is 4.48. The molecule has 1 aromatic rings. The summed E-state index contributed by atoms with van der Waals surface area (Å²) in [6.45, 7) is 3.69. The minimum absolute atomic E-state index is 0.849. The maximum absolute atomic E-state index is 6.16. The molecule has 3 N–H and O–H groups in total. The summed E-state index contributed by atoms with van der Waals surface area (Å²) in [5.74, 6) is 0.990. The molecule has 84 valence electrons. The predicted molar refractivity (Wildman–Crippen MR) is 62.7 cm³/mol. The van der Waals surface area contributed by atoms with Gasteiger partial charge in [0, 0.05) is 5.02 Å². The highest BCUT2D eigenvalue weighted by Gasteiger charge is 2.25. The summed E-state index contributed by atoms with van der Waals surface area (Å²) in [6, 6.07) is 6.08. The second-order valence-electron chi connectivity index (χ2n) is 4.07. The van der Waals surface area contributed by atoms with E-state index in [1.54, 1.807) is 0 Å². The van der Waals surface area contributed by atoms with Crippen molar-refractivity contribution in [1.82, 2.24) is 15.8 Å². The number of nitrogens with one attached hydrogen (secondary N) is 3. The predicted octanol–water partition coefficient (Wildman–Crippen LogP) is -0.800. The fraction of sp³-hybridized carbons (Fsp3) is 0.364. The summed E-state index contributed by atoms with van der Waals surface area (Å²) in [7, 11) is 0. The fourth-order valence-corrected chi connectivity index (χ4v) is 2.39. The molecule has 16 heavy (non-hydrogen) atoms. The van der Waals surface area contributed by atoms with Crippen molar-refractivity contribution in [3.63, 3.8) is 0 Å². The van der Waals surface area contributed by atoms with E-state index in [0.717, 1.165) is 37.2 Å². The zero-order valence-corrected chi connectivity index (χ0v) is 9.64. The largest absolute Gasteiger partial charge is 0.361 e. The van der Waals surface area contributed by atoms with E-state index < -0.39 is 0 Å². The molecule has 0 aromatic heterocycles. The molecule has 1 aromatic carbocycles. The molecule has 0 amide bonds. The number of nitrogens with zero attached hydrogens (tertiary/aromatic N) is 1. The van der Waals surface area contributed by atoms with Gasteiger partial charge in [-0.3, -0.25) is 10.3 Å². The first-order valence-electron chi connectivity index (χ1n) is 5.45. The minimum Gasteiger partial charge on any atom is -0.273 e. The molecule has 0 aliphatic carbocycles. The third-order valence-corrected chi connectivity index (χ3v) is 3.28. The van der Waals surface area contributed by atoms with Crippen molar-refractivity contribution in [3.8, 4) is 0 Å². The monoisotopic (exact) mass is 237 g/mol. The van der Waals surface area contributed by atoms with Crippen LogP contribution < -0.4 is 15.7 Å². The second kappa shape index (κ2) is 3.96. The number of hydrazine groups is 1. The Morgan fingerprint density at radius 3 is 3.06 bits per heavy atom. The molecular weight excluding hydrogens is 224 g/mol. The smallest absolute Gasteiger partial charge is 0.273 e. The molecule has 0 atom stereocenters. The lowest BCUT2D eigenvalue weighted by Gasteiger charge is -2.11. The Hall–Kier alpha value is -1.26. The van der Waals surface area contributed by atoms with Crippen LogP contribution in [0.3, 0.4) is 0 Å². The Morgan fingerprint density at radius 1 is 1.38 bits per heavy atom. The van der Waals surface area contributed by atoms with E-state index in [1.165, 1.54) is 11.1 Å². The molecule has 0 fully saturated rings. The number of fused-ring (bicyclic) bond motifs is 1. The zero-order valence-electron chi connectivity index (χ0n) is 8.89. The first-order chi connectivity index (χ1) is 7.83. The summed E-state index contributed by atoms with van der Waals surface area (Å²) in [5, 5.41) is 6.25. The lowest BCUT2D eigenvalue weighted by Crippen LogP contribution is -2.75. The summed E-state index contributed by atoms with van der Waals surface area (Å²) in [5.41, 5.74) is 5.86. The van der Waals surface area contributed by atoms with E-state index in [0.29, 0.717) is 0 Å². The average Bonchev–Trinajstić information content (AvgIpc) is 2.88. The molecule has 0 unspecified atom stereocenters. The van der Waals surface area contributed by atoms with Crippen LogP contribution >= 0.6 is 11.6 Å². The van der Waals surface area contributed by atoms with Crippen LogP contribution in [0.2, 0.25) is 5.02 Å². The van der Waals surface area contributed by atoms with E-state index >= 15 is 0 Å². The van der Waals surface area contributed by atoms with Crippen molar-refractivity contribution < 1.29 is 4.99 Å². The Bertz CT molecular complexity index is 444. The molecule has 5 heteroatoms. The molecule has 0 saturated heterocycles. The highest BCUT2D eigenvalue weighted by molar-refractivity contribution is 6.31. The van der Waals surface area contributed by atoms with Crippen molar-refractivity contribution in [2.24, 2.45) is 0 Å². The summed E-state index contributed by atoms with van der Waals surface area (Å²) < 4.78 is 0. The van der Waals surface area contributed by atoms with Crippen molar-refractivity contribution in [3.05, 3.63) is 34.3 Å². The van der Waals surface area contributed by atoms with Gasteiger partial charge in [-0.25, -0.2) is 5.43 Å². The quantitative estimate of drug-likeness (QED) is 0.599. The van der Waals surface area contributed by atoms with Crippen LogP contribution in [-0.2, 0) is 13.1 Å². The van der Waals surface area contributed by atoms with Gasteiger partial charge >= 0.3 is 5.96 Å². The molecule has 3 rings (SSSR count). The van der Waals surface area contributed by atoms with Gasteiger partial charge in [0.05, 0.1) is 26.2 Å². The van der Waals surface area contributed by atoms with Crippen LogP contribution in [0.4, 0.5) is 0 Å². The minimum atomic E-state index is 0.849. The molecule has 2 aliphatic heterocycles. The van der Waals surface area contributed by atoms with E-state index in [2.05, 4.69) is 26.8 Å². The van der Waals surface area contributed by atoms with Gasteiger partial charge in [-0.05, 0) is 17.2 Å². The first kappa shape index (κ1) is 9.93.